The summed E-state index contributed by atoms with van der Waals surface area (Å²) < 4.78 is 13.8. The minimum absolute atomic E-state index is 1.36. The Balaban J connectivity index is 2.66. The van der Waals surface area contributed by atoms with E-state index in [1.807, 2.05) is 11.1 Å². The molecular formula is C52H98S2Sn2. The van der Waals surface area contributed by atoms with Crippen molar-refractivity contribution in [2.45, 2.75) is 275 Å². The quantitative estimate of drug-likeness (QED) is 0.0462. The molecule has 2 rings (SSSR count). The van der Waals surface area contributed by atoms with Crippen LogP contribution in [0, 0.1) is 0 Å². The van der Waals surface area contributed by atoms with Gasteiger partial charge in [0.15, 0.2) is 0 Å². The van der Waals surface area contributed by atoms with Crippen LogP contribution < -0.4 is 5.79 Å². The van der Waals surface area contributed by atoms with Crippen LogP contribution in [0.1, 0.15) is 246 Å². The molecule has 0 aliphatic carbocycles. The van der Waals surface area contributed by atoms with Crippen LogP contribution in [0.3, 0.4) is 0 Å². The molecule has 56 heavy (non-hydrogen) atoms. The Hall–Kier alpha value is 0.997. The molecule has 0 atom stereocenters. The summed E-state index contributed by atoms with van der Waals surface area (Å²) in [6, 6.07) is 5.71. The van der Waals surface area contributed by atoms with Crippen molar-refractivity contribution in [3.05, 3.63) is 23.3 Å². The molecule has 0 amide bonds. The number of aryl methyl sites for hydroxylation is 2. The summed E-state index contributed by atoms with van der Waals surface area (Å²) in [6.07, 6.45) is 42.7. The van der Waals surface area contributed by atoms with E-state index < -0.39 is 36.8 Å². The fourth-order valence-corrected chi connectivity index (χ4v) is 52.7. The van der Waals surface area contributed by atoms with Gasteiger partial charge in [0.05, 0.1) is 0 Å². The summed E-state index contributed by atoms with van der Waals surface area (Å²) in [5, 5.41) is 0. The van der Waals surface area contributed by atoms with Gasteiger partial charge in [-0.05, 0) is 0 Å². The average molecular weight is 1020 g/mol. The van der Waals surface area contributed by atoms with Crippen molar-refractivity contribution in [1.82, 2.24) is 0 Å². The summed E-state index contributed by atoms with van der Waals surface area (Å²) >= 11 is -0.375. The molecule has 0 unspecified atom stereocenters. The van der Waals surface area contributed by atoms with E-state index in [2.05, 4.69) is 96.0 Å². The van der Waals surface area contributed by atoms with Crippen LogP contribution in [-0.4, -0.2) is 36.8 Å². The fourth-order valence-electron chi connectivity index (χ4n) is 9.79. The van der Waals surface area contributed by atoms with E-state index in [9.17, 15) is 0 Å². The van der Waals surface area contributed by atoms with Gasteiger partial charge in [-0.1, -0.05) is 0 Å². The Morgan fingerprint density at radius 2 is 0.536 bits per heavy atom. The Morgan fingerprint density at radius 3 is 0.786 bits per heavy atom. The van der Waals surface area contributed by atoms with Crippen molar-refractivity contribution in [1.29, 1.82) is 0 Å². The fraction of sp³-hybridized carbons (Fsp3) is 0.846. The number of unbranched alkanes of at least 4 members (excludes halogenated alkanes) is 20. The van der Waals surface area contributed by atoms with E-state index in [1.165, 1.54) is 193 Å². The van der Waals surface area contributed by atoms with Crippen LogP contribution in [0.2, 0.25) is 26.6 Å². The van der Waals surface area contributed by atoms with Crippen molar-refractivity contribution in [3.63, 3.8) is 0 Å². The Bertz CT molecular complexity index is 1060. The molecule has 2 aromatic heterocycles. The topological polar surface area (TPSA) is 0 Å². The number of hydrogen-bond donors (Lipinski definition) is 0. The molecule has 326 valence electrons. The molecule has 0 bridgehead atoms. The third kappa shape index (κ3) is 19.4. The van der Waals surface area contributed by atoms with Gasteiger partial charge in [-0.15, -0.1) is 0 Å². The van der Waals surface area contributed by atoms with E-state index in [-0.39, 0.29) is 0 Å². The molecular weight excluding hydrogens is 926 g/mol. The molecule has 0 spiro atoms. The summed E-state index contributed by atoms with van der Waals surface area (Å²) in [7, 11) is 0. The first kappa shape index (κ1) is 53.1. The molecule has 0 saturated carbocycles. The molecule has 0 nitrogen and oxygen atoms in total. The Kier molecular flexibility index (Phi) is 31.9. The zero-order chi connectivity index (χ0) is 40.7. The zero-order valence-corrected chi connectivity index (χ0v) is 46.8. The SMILES string of the molecule is CCCCCCCCCCc1cc(-c2cc(CCCCCCCCCC)[c]([Sn]([CH2]CCC)([CH2]CCC)[CH2]CCC)s2)s[c]1[Sn]([CH2]CCC)([CH2]CCC)[CH2]CCC. The van der Waals surface area contributed by atoms with Crippen LogP contribution in [-0.2, 0) is 12.8 Å². The van der Waals surface area contributed by atoms with Crippen molar-refractivity contribution < 1.29 is 0 Å². The Morgan fingerprint density at radius 1 is 0.304 bits per heavy atom. The third-order valence-corrected chi connectivity index (χ3v) is 53.0. The van der Waals surface area contributed by atoms with Gasteiger partial charge in [0.25, 0.3) is 0 Å². The van der Waals surface area contributed by atoms with Gasteiger partial charge < -0.3 is 0 Å². The van der Waals surface area contributed by atoms with Gasteiger partial charge in [0.1, 0.15) is 0 Å². The van der Waals surface area contributed by atoms with Crippen molar-refractivity contribution in [2.24, 2.45) is 0 Å². The molecule has 4 heteroatoms. The van der Waals surface area contributed by atoms with Gasteiger partial charge in [-0.3, -0.25) is 0 Å². The zero-order valence-electron chi connectivity index (χ0n) is 39.4. The molecule has 0 aliphatic rings. The van der Waals surface area contributed by atoms with E-state index in [1.54, 1.807) is 36.4 Å². The van der Waals surface area contributed by atoms with Gasteiger partial charge in [0.2, 0.25) is 0 Å². The number of thiophene rings is 2. The second kappa shape index (κ2) is 33.6. The predicted molar refractivity (Wildman–Crippen MR) is 269 cm³/mol. The van der Waals surface area contributed by atoms with Crippen LogP contribution in [0.15, 0.2) is 12.1 Å². The molecule has 2 heterocycles. The minimum atomic E-state index is -2.59. The molecule has 0 saturated heterocycles. The molecule has 2 aromatic rings. The van der Waals surface area contributed by atoms with E-state index in [4.69, 9.17) is 0 Å². The summed E-state index contributed by atoms with van der Waals surface area (Å²) in [5.74, 6) is 0. The molecule has 0 aliphatic heterocycles. The van der Waals surface area contributed by atoms with Gasteiger partial charge in [-0.25, -0.2) is 0 Å². The van der Waals surface area contributed by atoms with Gasteiger partial charge in [-0.2, -0.15) is 0 Å². The van der Waals surface area contributed by atoms with Crippen molar-refractivity contribution in [2.75, 3.05) is 0 Å². The normalized spacial score (nSPS) is 12.4. The maximum atomic E-state index is 2.85. The molecule has 0 aromatic carbocycles. The summed E-state index contributed by atoms with van der Waals surface area (Å²) in [5.41, 5.74) is 3.74. The van der Waals surface area contributed by atoms with Crippen molar-refractivity contribution in [3.8, 4) is 9.75 Å². The van der Waals surface area contributed by atoms with Gasteiger partial charge >= 0.3 is 373 Å². The second-order valence-electron chi connectivity index (χ2n) is 18.6. The second-order valence-corrected chi connectivity index (χ2v) is 48.8. The predicted octanol–water partition coefficient (Wildman–Crippen LogP) is 19.0. The summed E-state index contributed by atoms with van der Waals surface area (Å²) in [4.78, 5) is 3.44. The van der Waals surface area contributed by atoms with E-state index in [0.717, 1.165) is 0 Å². The summed E-state index contributed by atoms with van der Waals surface area (Å²) in [6.45, 7) is 19.5. The maximum absolute atomic E-state index is 2.85. The molecule has 0 fully saturated rings. The number of hydrogen-bond acceptors (Lipinski definition) is 2. The first-order valence-corrected chi connectivity index (χ1v) is 42.3. The Labute approximate surface area is 369 Å². The third-order valence-electron chi connectivity index (χ3n) is 13.5. The van der Waals surface area contributed by atoms with Crippen LogP contribution in [0.25, 0.3) is 9.75 Å². The monoisotopic (exact) mass is 1030 g/mol. The number of rotatable bonds is 39. The van der Waals surface area contributed by atoms with E-state index >= 15 is 0 Å². The van der Waals surface area contributed by atoms with Crippen molar-refractivity contribution >= 4 is 65.2 Å². The average Bonchev–Trinajstić information content (AvgIpc) is 3.85. The van der Waals surface area contributed by atoms with Gasteiger partial charge in [0, 0.05) is 0 Å². The van der Waals surface area contributed by atoms with Crippen LogP contribution in [0.4, 0.5) is 0 Å². The molecule has 0 N–H and O–H groups in total. The first-order valence-electron chi connectivity index (χ1n) is 25.7. The van der Waals surface area contributed by atoms with Crippen LogP contribution in [0.5, 0.6) is 0 Å². The van der Waals surface area contributed by atoms with E-state index in [0.29, 0.717) is 0 Å². The van der Waals surface area contributed by atoms with Crippen LogP contribution >= 0.6 is 22.7 Å². The standard InChI is InChI=1S/C28H44S2.6C4H9.2Sn/c1-3-5-7-9-11-13-15-17-19-25-21-27(29-23-25)28-22-26(24-30-28)20-18-16-14-12-10-8-6-4-2;6*1-3-4-2;;/h21-22H,3-20H2,1-2H3;6*1,3-4H2,2H3;;. The molecule has 0 radical (unpaired) electrons. The first-order chi connectivity index (χ1) is 27.4.